The van der Waals surface area contributed by atoms with Gasteiger partial charge in [0.2, 0.25) is 5.01 Å². The highest BCUT2D eigenvalue weighted by atomic mass is 32.1. The number of pyridine rings is 1. The minimum Gasteiger partial charge on any atom is -0.447 e. The molecule has 1 aliphatic rings. The van der Waals surface area contributed by atoms with Crippen molar-refractivity contribution in [3.8, 4) is 28.0 Å². The van der Waals surface area contributed by atoms with E-state index in [2.05, 4.69) is 32.0 Å². The first kappa shape index (κ1) is 28.9. The van der Waals surface area contributed by atoms with E-state index >= 15 is 0 Å². The third-order valence-corrected chi connectivity index (χ3v) is 7.54. The van der Waals surface area contributed by atoms with E-state index in [1.807, 2.05) is 52.8 Å². The van der Waals surface area contributed by atoms with Crippen molar-refractivity contribution in [2.75, 3.05) is 18.5 Å². The van der Waals surface area contributed by atoms with Gasteiger partial charge in [0, 0.05) is 30.0 Å². The van der Waals surface area contributed by atoms with Gasteiger partial charge in [0.05, 0.1) is 40.3 Å². The van der Waals surface area contributed by atoms with Gasteiger partial charge >= 0.3 is 6.09 Å². The van der Waals surface area contributed by atoms with Crippen LogP contribution in [0.2, 0.25) is 0 Å². The first-order valence-corrected chi connectivity index (χ1v) is 14.6. The van der Waals surface area contributed by atoms with E-state index in [9.17, 15) is 14.9 Å². The van der Waals surface area contributed by atoms with Crippen LogP contribution >= 0.6 is 11.3 Å². The van der Waals surface area contributed by atoms with Gasteiger partial charge in [0.1, 0.15) is 12.7 Å². The molecule has 2 amide bonds. The van der Waals surface area contributed by atoms with Gasteiger partial charge in [0.15, 0.2) is 5.01 Å². The molecule has 0 radical (unpaired) electrons. The Morgan fingerprint density at radius 1 is 1.21 bits per heavy atom. The third kappa shape index (κ3) is 6.33. The summed E-state index contributed by atoms with van der Waals surface area (Å²) in [5.41, 5.74) is 3.86. The summed E-state index contributed by atoms with van der Waals surface area (Å²) in [4.78, 5) is 32.0. The molecule has 12 nitrogen and oxygen atoms in total. The summed E-state index contributed by atoms with van der Waals surface area (Å²) in [5, 5.41) is 29.2. The SMILES string of the molecule is CC(C)Nc1cc(-c2ccc3cc(C#N)cnn23)ncc1-c1nnc(C(=O)N2CCC[C@@H]2COC(=O)NC(C)(C)C)s1. The lowest BCUT2D eigenvalue weighted by atomic mass is 10.1. The van der Waals surface area contributed by atoms with Crippen LogP contribution in [0.15, 0.2) is 36.7 Å². The van der Waals surface area contributed by atoms with E-state index in [4.69, 9.17) is 9.72 Å². The van der Waals surface area contributed by atoms with Crippen LogP contribution in [0, 0.1) is 11.3 Å². The quantitative estimate of drug-likeness (QED) is 0.313. The molecule has 0 aliphatic carbocycles. The highest BCUT2D eigenvalue weighted by Gasteiger charge is 2.33. The summed E-state index contributed by atoms with van der Waals surface area (Å²) in [5.74, 6) is -0.230. The van der Waals surface area contributed by atoms with Crippen LogP contribution in [-0.2, 0) is 4.74 Å². The smallest absolute Gasteiger partial charge is 0.407 e. The summed E-state index contributed by atoms with van der Waals surface area (Å²) in [6, 6.07) is 9.52. The maximum Gasteiger partial charge on any atom is 0.407 e. The molecule has 0 aromatic carbocycles. The molecule has 4 aromatic rings. The van der Waals surface area contributed by atoms with E-state index < -0.39 is 11.6 Å². The van der Waals surface area contributed by atoms with Crippen LogP contribution < -0.4 is 10.6 Å². The number of carbonyl (C=O) groups excluding carboxylic acids is 2. The summed E-state index contributed by atoms with van der Waals surface area (Å²) < 4.78 is 7.15. The molecule has 5 rings (SSSR count). The first-order chi connectivity index (χ1) is 20.0. The average Bonchev–Trinajstić information content (AvgIpc) is 3.69. The molecule has 218 valence electrons. The standard InChI is InChI=1S/C29H33N9O3S/c1-17(2)33-22-12-23(24-9-8-19-11-18(13-30)14-32-38(19)24)31-15-21(22)25-35-36-26(42-25)27(39)37-10-6-7-20(37)16-41-28(40)34-29(3,4)5/h8-9,11-12,14-15,17,20H,6-7,10,16H2,1-5H3,(H,31,33)(H,34,40)/t20-/m1/s1. The Hall–Kier alpha value is -4.57. The lowest BCUT2D eigenvalue weighted by Crippen LogP contribution is -2.43. The number of carbonyl (C=O) groups is 2. The minimum atomic E-state index is -0.503. The van der Waals surface area contributed by atoms with E-state index in [-0.39, 0.29) is 29.6 Å². The van der Waals surface area contributed by atoms with Gasteiger partial charge in [-0.1, -0.05) is 11.3 Å². The number of amides is 2. The fraction of sp³-hybridized carbons (Fsp3) is 0.414. The van der Waals surface area contributed by atoms with Crippen molar-refractivity contribution in [2.45, 2.75) is 65.1 Å². The van der Waals surface area contributed by atoms with Crippen molar-refractivity contribution >= 4 is 34.5 Å². The maximum atomic E-state index is 13.4. The maximum absolute atomic E-state index is 13.4. The second-order valence-electron chi connectivity index (χ2n) is 11.5. The Morgan fingerprint density at radius 2 is 2.02 bits per heavy atom. The molecular formula is C29H33N9O3S. The molecule has 1 saturated heterocycles. The lowest BCUT2D eigenvalue weighted by Gasteiger charge is -2.25. The summed E-state index contributed by atoms with van der Waals surface area (Å²) in [6.07, 6.45) is 4.31. The summed E-state index contributed by atoms with van der Waals surface area (Å²) >= 11 is 1.20. The number of anilines is 1. The lowest BCUT2D eigenvalue weighted by molar-refractivity contribution is 0.0627. The van der Waals surface area contributed by atoms with Crippen LogP contribution in [0.4, 0.5) is 10.5 Å². The van der Waals surface area contributed by atoms with Gasteiger partial charge in [0.25, 0.3) is 5.91 Å². The molecular weight excluding hydrogens is 554 g/mol. The number of nitrogens with one attached hydrogen (secondary N) is 2. The van der Waals surface area contributed by atoms with Crippen molar-refractivity contribution in [3.05, 3.63) is 47.2 Å². The number of nitriles is 1. The van der Waals surface area contributed by atoms with E-state index in [0.29, 0.717) is 22.8 Å². The number of ether oxygens (including phenoxy) is 1. The molecule has 1 aliphatic heterocycles. The van der Waals surface area contributed by atoms with Gasteiger partial charge in [-0.05, 0) is 71.7 Å². The number of aromatic nitrogens is 5. The van der Waals surface area contributed by atoms with Gasteiger partial charge in [-0.3, -0.25) is 9.78 Å². The van der Waals surface area contributed by atoms with Gasteiger partial charge in [-0.2, -0.15) is 10.4 Å². The predicted octanol–water partition coefficient (Wildman–Crippen LogP) is 4.74. The number of rotatable bonds is 7. The fourth-order valence-corrected chi connectivity index (χ4v) is 5.61. The van der Waals surface area contributed by atoms with Gasteiger partial charge in [-0.25, -0.2) is 9.31 Å². The molecule has 42 heavy (non-hydrogen) atoms. The van der Waals surface area contributed by atoms with Crippen LogP contribution in [-0.4, -0.2) is 72.5 Å². The molecule has 0 bridgehead atoms. The minimum absolute atomic E-state index is 0.119. The second kappa shape index (κ2) is 11.7. The molecule has 13 heteroatoms. The van der Waals surface area contributed by atoms with Gasteiger partial charge < -0.3 is 20.3 Å². The normalized spacial score (nSPS) is 15.2. The van der Waals surface area contributed by atoms with Crippen LogP contribution in [0.3, 0.4) is 0 Å². The molecule has 0 saturated carbocycles. The number of hydrogen-bond donors (Lipinski definition) is 2. The Kier molecular flexibility index (Phi) is 8.08. The third-order valence-electron chi connectivity index (χ3n) is 6.60. The molecule has 1 fully saturated rings. The number of hydrogen-bond acceptors (Lipinski definition) is 10. The van der Waals surface area contributed by atoms with Crippen LogP contribution in [0.25, 0.3) is 27.5 Å². The Labute approximate surface area is 247 Å². The van der Waals surface area contributed by atoms with Crippen LogP contribution in [0.5, 0.6) is 0 Å². The zero-order valence-corrected chi connectivity index (χ0v) is 25.0. The second-order valence-corrected chi connectivity index (χ2v) is 12.5. The van der Waals surface area contributed by atoms with Crippen molar-refractivity contribution < 1.29 is 14.3 Å². The molecule has 2 N–H and O–H groups in total. The first-order valence-electron chi connectivity index (χ1n) is 13.8. The largest absolute Gasteiger partial charge is 0.447 e. The summed E-state index contributed by atoms with van der Waals surface area (Å²) in [7, 11) is 0. The molecule has 0 spiro atoms. The van der Waals surface area contributed by atoms with E-state index in [1.54, 1.807) is 21.7 Å². The van der Waals surface area contributed by atoms with Crippen molar-refractivity contribution in [1.82, 2.24) is 35.0 Å². The fourth-order valence-electron chi connectivity index (χ4n) is 4.78. The Bertz CT molecular complexity index is 1660. The Balaban J connectivity index is 1.37. The average molecular weight is 588 g/mol. The molecule has 5 heterocycles. The number of nitrogens with zero attached hydrogens (tertiary/aromatic N) is 7. The van der Waals surface area contributed by atoms with E-state index in [0.717, 1.165) is 35.3 Å². The highest BCUT2D eigenvalue weighted by molar-refractivity contribution is 7.16. The van der Waals surface area contributed by atoms with Crippen molar-refractivity contribution in [1.29, 1.82) is 5.26 Å². The van der Waals surface area contributed by atoms with E-state index in [1.165, 1.54) is 17.5 Å². The topological polar surface area (TPSA) is 150 Å². The molecule has 1 atom stereocenters. The van der Waals surface area contributed by atoms with Crippen molar-refractivity contribution in [3.63, 3.8) is 0 Å². The predicted molar refractivity (Wildman–Crippen MR) is 159 cm³/mol. The molecule has 0 unspecified atom stereocenters. The zero-order chi connectivity index (χ0) is 30.0. The zero-order valence-electron chi connectivity index (χ0n) is 24.2. The Morgan fingerprint density at radius 3 is 2.76 bits per heavy atom. The van der Waals surface area contributed by atoms with Gasteiger partial charge in [-0.15, -0.1) is 10.2 Å². The monoisotopic (exact) mass is 587 g/mol. The van der Waals surface area contributed by atoms with Crippen LogP contribution in [0.1, 0.15) is 62.8 Å². The van der Waals surface area contributed by atoms with Crippen molar-refractivity contribution in [2.24, 2.45) is 0 Å². The highest BCUT2D eigenvalue weighted by Crippen LogP contribution is 2.34. The summed E-state index contributed by atoms with van der Waals surface area (Å²) in [6.45, 7) is 10.4. The molecule has 4 aromatic heterocycles. The number of alkyl carbamates (subject to hydrolysis) is 1. The number of likely N-dealkylation sites (tertiary alicyclic amines) is 1. The number of fused-ring (bicyclic) bond motifs is 1.